The van der Waals surface area contributed by atoms with Gasteiger partial charge < -0.3 is 19.9 Å². The number of pyridine rings is 1. The lowest BCUT2D eigenvalue weighted by molar-refractivity contribution is 0.0531. The van der Waals surface area contributed by atoms with Gasteiger partial charge in [-0.15, -0.1) is 0 Å². The molecule has 0 unspecified atom stereocenters. The van der Waals surface area contributed by atoms with E-state index in [0.717, 1.165) is 18.3 Å². The number of hydrogen-bond donors (Lipinski definition) is 2. The summed E-state index contributed by atoms with van der Waals surface area (Å²) in [7, 11) is 0. The Morgan fingerprint density at radius 1 is 1.22 bits per heavy atom. The van der Waals surface area contributed by atoms with Gasteiger partial charge in [0.25, 0.3) is 11.8 Å². The van der Waals surface area contributed by atoms with Crippen LogP contribution < -0.4 is 10.7 Å². The second-order valence-electron chi connectivity index (χ2n) is 8.31. The van der Waals surface area contributed by atoms with Gasteiger partial charge in [0.05, 0.1) is 12.1 Å². The molecule has 0 aliphatic carbocycles. The predicted molar refractivity (Wildman–Crippen MR) is 108 cm³/mol. The largest absolute Gasteiger partial charge is 0.503 e. The second kappa shape index (κ2) is 7.99. The molecule has 2 N–H and O–H groups in total. The Morgan fingerprint density at radius 2 is 1.88 bits per heavy atom. The summed E-state index contributed by atoms with van der Waals surface area (Å²) in [6.07, 6.45) is 0.410. The maximum absolute atomic E-state index is 14.4. The molecule has 170 valence electrons. The monoisotopic (exact) mass is 449 g/mol. The molecule has 2 amide bonds. The molecule has 2 bridgehead atoms. The molecule has 1 fully saturated rings. The van der Waals surface area contributed by atoms with Crippen molar-refractivity contribution in [3.05, 3.63) is 62.6 Å². The molecule has 32 heavy (non-hydrogen) atoms. The third-order valence-electron chi connectivity index (χ3n) is 6.22. The Morgan fingerprint density at radius 3 is 2.53 bits per heavy atom. The number of nitrogens with one attached hydrogen (secondary N) is 1. The number of nitrogens with zero attached hydrogens (tertiary/aromatic N) is 2. The highest BCUT2D eigenvalue weighted by Gasteiger charge is 2.41. The number of carbonyl (C=O) groups excluding carboxylic acids is 2. The van der Waals surface area contributed by atoms with Crippen molar-refractivity contribution in [2.24, 2.45) is 0 Å². The average molecular weight is 449 g/mol. The van der Waals surface area contributed by atoms with Crippen LogP contribution in [0.5, 0.6) is 5.75 Å². The third kappa shape index (κ3) is 3.53. The zero-order valence-electron chi connectivity index (χ0n) is 17.5. The van der Waals surface area contributed by atoms with Crippen molar-refractivity contribution in [3.63, 3.8) is 0 Å². The first-order valence-electron chi connectivity index (χ1n) is 10.3. The lowest BCUT2D eigenvalue weighted by Gasteiger charge is -2.37. The number of amides is 2. The van der Waals surface area contributed by atoms with Gasteiger partial charge in [0.2, 0.25) is 5.43 Å². The van der Waals surface area contributed by atoms with Gasteiger partial charge in [-0.1, -0.05) is 0 Å². The predicted octanol–water partition coefficient (Wildman–Crippen LogP) is 2.59. The smallest absolute Gasteiger partial charge is 0.274 e. The molecule has 2 aromatic rings. The number of halogens is 3. The fourth-order valence-electron chi connectivity index (χ4n) is 4.35. The van der Waals surface area contributed by atoms with E-state index in [1.807, 2.05) is 0 Å². The number of benzene rings is 1. The summed E-state index contributed by atoms with van der Waals surface area (Å²) in [6.45, 7) is 2.75. The number of hydrogen-bond acceptors (Lipinski definition) is 4. The van der Waals surface area contributed by atoms with Gasteiger partial charge in [-0.2, -0.15) is 0 Å². The average Bonchev–Trinajstić information content (AvgIpc) is 2.85. The number of aryl methyl sites for hydroxylation is 1. The summed E-state index contributed by atoms with van der Waals surface area (Å²) in [6, 6.07) is 1.09. The van der Waals surface area contributed by atoms with E-state index in [4.69, 9.17) is 0 Å². The number of rotatable bonds is 3. The first kappa shape index (κ1) is 21.9. The van der Waals surface area contributed by atoms with E-state index in [2.05, 4.69) is 5.32 Å². The van der Waals surface area contributed by atoms with E-state index in [1.165, 1.54) is 16.4 Å². The second-order valence-corrected chi connectivity index (χ2v) is 8.31. The molecule has 4 rings (SSSR count). The molecular weight excluding hydrogens is 427 g/mol. The number of fused-ring (bicyclic) bond motifs is 4. The molecule has 10 heteroatoms. The van der Waals surface area contributed by atoms with Crippen molar-refractivity contribution in [1.82, 2.24) is 14.8 Å². The number of alkyl halides is 1. The SMILES string of the molecule is Cc1cc(F)c(CNC(=O)c2cn3c(c(O)c2=O)C(=O)N2C[C@@H]3CC[C@@H](F)[C@@H]2C)c(F)c1. The molecule has 0 spiro atoms. The van der Waals surface area contributed by atoms with Gasteiger partial charge in [-0.3, -0.25) is 14.4 Å². The molecule has 1 aromatic carbocycles. The van der Waals surface area contributed by atoms with Gasteiger partial charge in [0, 0.05) is 24.8 Å². The fraction of sp³-hybridized carbons (Fsp3) is 0.409. The van der Waals surface area contributed by atoms with E-state index >= 15 is 0 Å². The summed E-state index contributed by atoms with van der Waals surface area (Å²) < 4.78 is 43.8. The van der Waals surface area contributed by atoms with Crippen molar-refractivity contribution < 1.29 is 27.9 Å². The standard InChI is InChI=1S/C22H22F3N3O4/c1-10-5-16(24)13(17(25)6-10)7-26-21(31)14-9-28-12-3-4-15(23)11(2)27(8-12)22(32)18(28)20(30)19(14)29/h5-6,9,11-12,15,30H,3-4,7-8H2,1-2H3,(H,26,31)/t11-,12-,15+/m0/s1. The van der Waals surface area contributed by atoms with Crippen molar-refractivity contribution in [2.75, 3.05) is 6.54 Å². The molecule has 3 atom stereocenters. The van der Waals surface area contributed by atoms with Crippen molar-refractivity contribution in [2.45, 2.75) is 51.5 Å². The topological polar surface area (TPSA) is 91.6 Å². The highest BCUT2D eigenvalue weighted by atomic mass is 19.1. The quantitative estimate of drug-likeness (QED) is 0.754. The Balaban J connectivity index is 1.68. The van der Waals surface area contributed by atoms with Crippen LogP contribution in [0.15, 0.2) is 23.1 Å². The molecule has 2 aliphatic heterocycles. The molecular formula is C22H22F3N3O4. The minimum absolute atomic E-state index is 0.176. The highest BCUT2D eigenvalue weighted by Crippen LogP contribution is 2.35. The van der Waals surface area contributed by atoms with E-state index in [0.29, 0.717) is 12.0 Å². The normalized spacial score (nSPS) is 22.3. The third-order valence-corrected chi connectivity index (χ3v) is 6.22. The van der Waals surface area contributed by atoms with Gasteiger partial charge in [0.15, 0.2) is 11.4 Å². The molecule has 1 saturated heterocycles. The van der Waals surface area contributed by atoms with Crippen molar-refractivity contribution in [1.29, 1.82) is 0 Å². The van der Waals surface area contributed by atoms with E-state index < -0.39 is 65.0 Å². The zero-order valence-corrected chi connectivity index (χ0v) is 17.5. The minimum Gasteiger partial charge on any atom is -0.503 e. The highest BCUT2D eigenvalue weighted by molar-refractivity contribution is 5.99. The van der Waals surface area contributed by atoms with Crippen LogP contribution in [-0.4, -0.2) is 45.1 Å². The van der Waals surface area contributed by atoms with Crippen molar-refractivity contribution >= 4 is 11.8 Å². The van der Waals surface area contributed by atoms with E-state index in [9.17, 15) is 32.7 Å². The molecule has 0 radical (unpaired) electrons. The maximum Gasteiger partial charge on any atom is 0.274 e. The van der Waals surface area contributed by atoms with Crippen LogP contribution in [0, 0.1) is 18.6 Å². The number of aromatic hydroxyl groups is 1. The van der Waals surface area contributed by atoms with Crippen LogP contribution in [-0.2, 0) is 6.54 Å². The van der Waals surface area contributed by atoms with Crippen molar-refractivity contribution in [3.8, 4) is 5.75 Å². The van der Waals surface area contributed by atoms with E-state index in [-0.39, 0.29) is 24.2 Å². The summed E-state index contributed by atoms with van der Waals surface area (Å²) in [5, 5.41) is 12.8. The fourth-order valence-corrected chi connectivity index (χ4v) is 4.35. The molecule has 1 aromatic heterocycles. The zero-order chi connectivity index (χ0) is 23.3. The number of carbonyl (C=O) groups is 2. The summed E-state index contributed by atoms with van der Waals surface area (Å²) in [5.74, 6) is -4.24. The van der Waals surface area contributed by atoms with Gasteiger partial charge in [-0.25, -0.2) is 13.2 Å². The van der Waals surface area contributed by atoms with Gasteiger partial charge in [0.1, 0.15) is 23.4 Å². The van der Waals surface area contributed by atoms with Crippen LogP contribution in [0.1, 0.15) is 57.8 Å². The summed E-state index contributed by atoms with van der Waals surface area (Å²) in [4.78, 5) is 39.5. The van der Waals surface area contributed by atoms with Crippen LogP contribution in [0.2, 0.25) is 0 Å². The van der Waals surface area contributed by atoms with Crippen LogP contribution >= 0.6 is 0 Å². The first-order chi connectivity index (χ1) is 15.1. The van der Waals surface area contributed by atoms with Gasteiger partial charge >= 0.3 is 0 Å². The Hall–Kier alpha value is -3.30. The van der Waals surface area contributed by atoms with Crippen LogP contribution in [0.3, 0.4) is 0 Å². The molecule has 0 saturated carbocycles. The maximum atomic E-state index is 14.4. The lowest BCUT2D eigenvalue weighted by Crippen LogP contribution is -2.49. The first-order valence-corrected chi connectivity index (χ1v) is 10.3. The Labute approximate surface area is 181 Å². The van der Waals surface area contributed by atoms with Crippen LogP contribution in [0.4, 0.5) is 13.2 Å². The Bertz CT molecular complexity index is 1160. The molecule has 7 nitrogen and oxygen atoms in total. The van der Waals surface area contributed by atoms with E-state index in [1.54, 1.807) is 6.92 Å². The lowest BCUT2D eigenvalue weighted by atomic mass is 10.1. The van der Waals surface area contributed by atoms with Crippen LogP contribution in [0.25, 0.3) is 0 Å². The summed E-state index contributed by atoms with van der Waals surface area (Å²) >= 11 is 0. The Kier molecular flexibility index (Phi) is 5.47. The summed E-state index contributed by atoms with van der Waals surface area (Å²) in [5.41, 5.74) is -1.85. The van der Waals surface area contributed by atoms with Gasteiger partial charge in [-0.05, 0) is 44.4 Å². The molecule has 3 heterocycles. The minimum atomic E-state index is -1.25. The molecule has 2 aliphatic rings. The number of aromatic nitrogens is 1.